The SMILES string of the molecule is CN(C)c1ccc2c(c1)OC1=CC(N(C)C)C=CC1C2c1ccccc1C(=O)[O-]. The number of aromatic carboxylic acids is 1. The molecule has 0 radical (unpaired) electrons. The molecule has 5 nitrogen and oxygen atoms in total. The van der Waals surface area contributed by atoms with Crippen LogP contribution < -0.4 is 14.7 Å². The van der Waals surface area contributed by atoms with Crippen molar-refractivity contribution >= 4 is 11.7 Å². The summed E-state index contributed by atoms with van der Waals surface area (Å²) >= 11 is 0. The number of nitrogens with zero attached hydrogens (tertiary/aromatic N) is 2. The maximum atomic E-state index is 11.8. The van der Waals surface area contributed by atoms with E-state index in [0.717, 1.165) is 28.3 Å². The van der Waals surface area contributed by atoms with Gasteiger partial charge < -0.3 is 19.5 Å². The third kappa shape index (κ3) is 3.42. The van der Waals surface area contributed by atoms with Crippen molar-refractivity contribution < 1.29 is 14.6 Å². The van der Waals surface area contributed by atoms with Gasteiger partial charge in [-0.3, -0.25) is 4.90 Å². The Balaban J connectivity index is 1.91. The van der Waals surface area contributed by atoms with E-state index in [9.17, 15) is 9.90 Å². The van der Waals surface area contributed by atoms with Crippen molar-refractivity contribution in [1.82, 2.24) is 4.90 Å². The third-order valence-electron chi connectivity index (χ3n) is 5.73. The Kier molecular flexibility index (Phi) is 4.92. The van der Waals surface area contributed by atoms with Gasteiger partial charge in [-0.25, -0.2) is 0 Å². The standard InChI is InChI=1S/C24H26N2O3/c1-25(2)15-9-11-19-21(13-15)29-22-14-16(26(3)4)10-12-20(22)23(19)17-7-5-6-8-18(17)24(27)28/h5-15,19,23H,1-4H3,(H,27,28)/p-1. The van der Waals surface area contributed by atoms with Crippen LogP contribution in [0.1, 0.15) is 27.4 Å². The molecular formula is C24H25N2O3-. The second-order valence-corrected chi connectivity index (χ2v) is 8.00. The van der Waals surface area contributed by atoms with Crippen LogP contribution in [0.2, 0.25) is 0 Å². The van der Waals surface area contributed by atoms with Crippen molar-refractivity contribution in [2.75, 3.05) is 33.1 Å². The molecule has 150 valence electrons. The minimum atomic E-state index is -1.16. The number of benzene rings is 2. The largest absolute Gasteiger partial charge is 0.545 e. The highest BCUT2D eigenvalue weighted by Crippen LogP contribution is 2.49. The van der Waals surface area contributed by atoms with Gasteiger partial charge in [-0.1, -0.05) is 42.5 Å². The van der Waals surface area contributed by atoms with Crippen molar-refractivity contribution in [3.63, 3.8) is 0 Å². The van der Waals surface area contributed by atoms with E-state index in [2.05, 4.69) is 23.1 Å². The normalized spacial score (nSPS) is 22.4. The minimum absolute atomic E-state index is 0.0654. The number of rotatable bonds is 4. The Morgan fingerprint density at radius 1 is 1.00 bits per heavy atom. The molecule has 0 fully saturated rings. The van der Waals surface area contributed by atoms with E-state index in [1.54, 1.807) is 12.1 Å². The zero-order valence-corrected chi connectivity index (χ0v) is 17.1. The fourth-order valence-electron chi connectivity index (χ4n) is 4.14. The molecule has 2 aromatic carbocycles. The fraction of sp³-hybridized carbons (Fsp3) is 0.292. The van der Waals surface area contributed by atoms with E-state index >= 15 is 0 Å². The summed E-state index contributed by atoms with van der Waals surface area (Å²) in [5.74, 6) is 0.242. The molecule has 0 amide bonds. The van der Waals surface area contributed by atoms with Crippen LogP contribution in [0, 0.1) is 5.92 Å². The van der Waals surface area contributed by atoms with Crippen LogP contribution in [0.25, 0.3) is 0 Å². The van der Waals surface area contributed by atoms with Gasteiger partial charge >= 0.3 is 0 Å². The van der Waals surface area contributed by atoms with Crippen molar-refractivity contribution in [1.29, 1.82) is 0 Å². The summed E-state index contributed by atoms with van der Waals surface area (Å²) in [5, 5.41) is 11.8. The minimum Gasteiger partial charge on any atom is -0.545 e. The van der Waals surface area contributed by atoms with Gasteiger partial charge in [0.05, 0.1) is 5.97 Å². The van der Waals surface area contributed by atoms with Crippen molar-refractivity contribution in [2.45, 2.75) is 12.0 Å². The Morgan fingerprint density at radius 3 is 2.45 bits per heavy atom. The topological polar surface area (TPSA) is 55.8 Å². The molecule has 4 rings (SSSR count). The van der Waals surface area contributed by atoms with Gasteiger partial charge in [0.25, 0.3) is 0 Å². The molecule has 1 aliphatic heterocycles. The molecule has 0 bridgehead atoms. The van der Waals surface area contributed by atoms with Crippen LogP contribution in [-0.2, 0) is 0 Å². The first kappa shape index (κ1) is 19.3. The first-order valence-corrected chi connectivity index (χ1v) is 9.72. The van der Waals surface area contributed by atoms with Crippen LogP contribution in [0.4, 0.5) is 5.69 Å². The van der Waals surface area contributed by atoms with E-state index in [0.29, 0.717) is 0 Å². The number of carboxylic acids is 1. The maximum Gasteiger partial charge on any atom is 0.132 e. The molecule has 3 atom stereocenters. The van der Waals surface area contributed by atoms with E-state index in [1.165, 1.54) is 0 Å². The Bertz CT molecular complexity index is 1010. The highest BCUT2D eigenvalue weighted by molar-refractivity contribution is 5.88. The molecule has 0 spiro atoms. The third-order valence-corrected chi connectivity index (χ3v) is 5.73. The molecule has 0 aromatic heterocycles. The average molecular weight is 389 g/mol. The molecule has 5 heteroatoms. The predicted octanol–water partition coefficient (Wildman–Crippen LogP) is 2.64. The number of carbonyl (C=O) groups is 1. The number of ether oxygens (including phenoxy) is 1. The number of hydrogen-bond donors (Lipinski definition) is 0. The quantitative estimate of drug-likeness (QED) is 0.753. The number of carbonyl (C=O) groups excluding carboxylic acids is 1. The molecule has 0 saturated carbocycles. The summed E-state index contributed by atoms with van der Waals surface area (Å²) < 4.78 is 6.35. The van der Waals surface area contributed by atoms with Gasteiger partial charge in [0, 0.05) is 54.9 Å². The smallest absolute Gasteiger partial charge is 0.132 e. The molecule has 2 aliphatic rings. The first-order chi connectivity index (χ1) is 13.9. The summed E-state index contributed by atoms with van der Waals surface area (Å²) in [6.45, 7) is 0. The van der Waals surface area contributed by atoms with Crippen LogP contribution in [0.5, 0.6) is 5.75 Å². The van der Waals surface area contributed by atoms with Crippen LogP contribution in [-0.4, -0.2) is 45.1 Å². The van der Waals surface area contributed by atoms with Gasteiger partial charge in [0.1, 0.15) is 11.5 Å². The van der Waals surface area contributed by atoms with Crippen molar-refractivity contribution in [2.24, 2.45) is 5.92 Å². The number of likely N-dealkylation sites (N-methyl/N-ethyl adjacent to an activating group) is 1. The summed E-state index contributed by atoms with van der Waals surface area (Å²) in [6.07, 6.45) is 6.40. The Labute approximate surface area is 171 Å². The zero-order chi connectivity index (χ0) is 20.7. The van der Waals surface area contributed by atoms with Crippen LogP contribution >= 0.6 is 0 Å². The van der Waals surface area contributed by atoms with E-state index in [1.807, 2.05) is 63.4 Å². The molecule has 0 saturated heterocycles. The molecule has 2 aromatic rings. The zero-order valence-electron chi connectivity index (χ0n) is 17.1. The van der Waals surface area contributed by atoms with Gasteiger partial charge in [-0.05, 0) is 31.8 Å². The highest BCUT2D eigenvalue weighted by atomic mass is 16.5. The van der Waals surface area contributed by atoms with E-state index < -0.39 is 5.97 Å². The van der Waals surface area contributed by atoms with E-state index in [-0.39, 0.29) is 23.4 Å². The lowest BCUT2D eigenvalue weighted by Crippen LogP contribution is -2.33. The predicted molar refractivity (Wildman–Crippen MR) is 112 cm³/mol. The van der Waals surface area contributed by atoms with Gasteiger partial charge in [-0.15, -0.1) is 0 Å². The van der Waals surface area contributed by atoms with Crippen molar-refractivity contribution in [3.05, 3.63) is 83.1 Å². The molecule has 0 N–H and O–H groups in total. The molecular weight excluding hydrogens is 364 g/mol. The Morgan fingerprint density at radius 2 is 1.76 bits per heavy atom. The summed E-state index contributed by atoms with van der Waals surface area (Å²) in [7, 11) is 8.02. The van der Waals surface area contributed by atoms with Gasteiger partial charge in [0.2, 0.25) is 0 Å². The second-order valence-electron chi connectivity index (χ2n) is 8.00. The lowest BCUT2D eigenvalue weighted by molar-refractivity contribution is -0.255. The number of allylic oxidation sites excluding steroid dienone is 1. The molecule has 3 unspecified atom stereocenters. The van der Waals surface area contributed by atoms with Crippen molar-refractivity contribution in [3.8, 4) is 5.75 Å². The molecule has 1 heterocycles. The highest BCUT2D eigenvalue weighted by Gasteiger charge is 2.37. The lowest BCUT2D eigenvalue weighted by atomic mass is 9.74. The fourth-order valence-corrected chi connectivity index (χ4v) is 4.14. The number of fused-ring (bicyclic) bond motifs is 2. The number of carboxylic acid groups (broad SMARTS) is 1. The summed E-state index contributed by atoms with van der Waals surface area (Å²) in [4.78, 5) is 16.0. The first-order valence-electron chi connectivity index (χ1n) is 9.72. The monoisotopic (exact) mass is 389 g/mol. The summed E-state index contributed by atoms with van der Waals surface area (Å²) in [6, 6.07) is 13.4. The number of anilines is 1. The maximum absolute atomic E-state index is 11.8. The van der Waals surface area contributed by atoms with E-state index in [4.69, 9.17) is 4.74 Å². The van der Waals surface area contributed by atoms with Gasteiger partial charge in [0.15, 0.2) is 0 Å². The Hall–Kier alpha value is -3.05. The van der Waals surface area contributed by atoms with Crippen LogP contribution in [0.3, 0.4) is 0 Å². The van der Waals surface area contributed by atoms with Crippen LogP contribution in [0.15, 0.2) is 66.5 Å². The van der Waals surface area contributed by atoms with Gasteiger partial charge in [-0.2, -0.15) is 0 Å². The number of hydrogen-bond acceptors (Lipinski definition) is 5. The second kappa shape index (κ2) is 7.41. The molecule has 29 heavy (non-hydrogen) atoms. The summed E-state index contributed by atoms with van der Waals surface area (Å²) in [5.41, 5.74) is 2.99. The lowest BCUT2D eigenvalue weighted by Gasteiger charge is -2.38. The average Bonchev–Trinajstić information content (AvgIpc) is 2.70. The molecule has 1 aliphatic carbocycles.